The highest BCUT2D eigenvalue weighted by Gasteiger charge is 2.21. The van der Waals surface area contributed by atoms with Crippen LogP contribution < -0.4 is 0 Å². The third-order valence-corrected chi connectivity index (χ3v) is 2.97. The van der Waals surface area contributed by atoms with E-state index in [1.165, 1.54) is 7.11 Å². The molecule has 0 unspecified atom stereocenters. The van der Waals surface area contributed by atoms with Crippen molar-refractivity contribution in [3.05, 3.63) is 40.2 Å². The van der Waals surface area contributed by atoms with Crippen molar-refractivity contribution < 1.29 is 19.1 Å². The fraction of sp³-hybridized carbons (Fsp3) is 0.167. The van der Waals surface area contributed by atoms with Crippen molar-refractivity contribution in [3.8, 4) is 11.5 Å². The quantitative estimate of drug-likeness (QED) is 0.939. The van der Waals surface area contributed by atoms with Crippen LogP contribution in [0.1, 0.15) is 16.2 Å². The molecule has 1 aromatic carbocycles. The first kappa shape index (κ1) is 12.8. The summed E-state index contributed by atoms with van der Waals surface area (Å²) in [4.78, 5) is 15.2. The van der Waals surface area contributed by atoms with Gasteiger partial charge in [-0.3, -0.25) is 0 Å². The van der Waals surface area contributed by atoms with Crippen LogP contribution in [0, 0.1) is 0 Å². The molecule has 0 saturated heterocycles. The minimum atomic E-state index is -1.16. The monoisotopic (exact) mass is 311 g/mol. The number of hydrogen-bond donors (Lipinski definition) is 1. The third-order valence-electron chi connectivity index (χ3n) is 2.28. The normalized spacial score (nSPS) is 10.6. The van der Waals surface area contributed by atoms with E-state index in [1.807, 2.05) is 18.2 Å². The Labute approximate surface area is 112 Å². The van der Waals surface area contributed by atoms with Gasteiger partial charge in [-0.1, -0.05) is 12.1 Å². The smallest absolute Gasteiger partial charge is 0.373 e. The average molecular weight is 312 g/mol. The number of carboxylic acids is 1. The molecule has 6 heteroatoms. The van der Waals surface area contributed by atoms with Crippen LogP contribution in [0.2, 0.25) is 0 Å². The molecule has 2 aromatic rings. The maximum atomic E-state index is 11.0. The van der Waals surface area contributed by atoms with Crippen molar-refractivity contribution in [1.29, 1.82) is 0 Å². The highest BCUT2D eigenvalue weighted by Crippen LogP contribution is 2.29. The summed E-state index contributed by atoms with van der Waals surface area (Å²) in [6, 6.07) is 7.29. The van der Waals surface area contributed by atoms with Crippen LogP contribution in [0.4, 0.5) is 0 Å². The second kappa shape index (κ2) is 5.32. The van der Waals surface area contributed by atoms with Crippen LogP contribution >= 0.6 is 15.9 Å². The summed E-state index contributed by atoms with van der Waals surface area (Å²) in [5, 5.41) is 9.02. The number of carbonyl (C=O) groups is 1. The summed E-state index contributed by atoms with van der Waals surface area (Å²) in [5.41, 5.74) is 0.970. The molecule has 2 rings (SSSR count). The first-order chi connectivity index (χ1) is 8.63. The maximum absolute atomic E-state index is 11.0. The number of halogens is 1. The Morgan fingerprint density at radius 2 is 2.22 bits per heavy atom. The molecule has 0 bridgehead atoms. The molecule has 1 heterocycles. The van der Waals surface area contributed by atoms with Crippen molar-refractivity contribution in [2.75, 3.05) is 7.11 Å². The summed E-state index contributed by atoms with van der Waals surface area (Å²) < 4.78 is 11.0. The summed E-state index contributed by atoms with van der Waals surface area (Å²) in [6.07, 6.45) is 0. The van der Waals surface area contributed by atoms with E-state index < -0.39 is 5.97 Å². The highest BCUT2D eigenvalue weighted by atomic mass is 79.9. The zero-order chi connectivity index (χ0) is 13.1. The minimum Gasteiger partial charge on any atom is -0.475 e. The molecular weight excluding hydrogens is 302 g/mol. The molecule has 94 valence electrons. The number of aromatic carboxylic acids is 1. The molecule has 0 atom stereocenters. The van der Waals surface area contributed by atoms with E-state index in [4.69, 9.17) is 14.3 Å². The van der Waals surface area contributed by atoms with Gasteiger partial charge in [0.05, 0.1) is 12.2 Å². The lowest BCUT2D eigenvalue weighted by molar-refractivity contribution is 0.0656. The van der Waals surface area contributed by atoms with Crippen molar-refractivity contribution in [1.82, 2.24) is 4.98 Å². The van der Waals surface area contributed by atoms with Gasteiger partial charge in [0.25, 0.3) is 0 Å². The fourth-order valence-corrected chi connectivity index (χ4v) is 1.96. The minimum absolute atomic E-state index is 0.0928. The average Bonchev–Trinajstić information content (AvgIpc) is 2.74. The van der Waals surface area contributed by atoms with E-state index in [0.29, 0.717) is 5.56 Å². The van der Waals surface area contributed by atoms with Gasteiger partial charge in [-0.05, 0) is 28.1 Å². The Morgan fingerprint density at radius 1 is 1.50 bits per heavy atom. The Morgan fingerprint density at radius 3 is 2.83 bits per heavy atom. The van der Waals surface area contributed by atoms with E-state index in [0.717, 1.165) is 4.47 Å². The maximum Gasteiger partial charge on any atom is 0.373 e. The second-order valence-corrected chi connectivity index (χ2v) is 4.37. The molecule has 0 saturated carbocycles. The molecule has 0 aliphatic heterocycles. The predicted molar refractivity (Wildman–Crippen MR) is 67.3 cm³/mol. The molecule has 1 aromatic heterocycles. The summed E-state index contributed by atoms with van der Waals surface area (Å²) in [7, 11) is 1.47. The molecule has 0 aliphatic rings. The van der Waals surface area contributed by atoms with Crippen LogP contribution in [-0.2, 0) is 11.3 Å². The predicted octanol–water partition coefficient (Wildman–Crippen LogP) is 2.95. The van der Waals surface area contributed by atoms with Gasteiger partial charge in [0.2, 0.25) is 11.7 Å². The van der Waals surface area contributed by atoms with Gasteiger partial charge in [0.1, 0.15) is 5.69 Å². The number of rotatable bonds is 4. The number of benzene rings is 1. The zero-order valence-electron chi connectivity index (χ0n) is 9.51. The number of nitrogens with zero attached hydrogens (tertiary/aromatic N) is 1. The van der Waals surface area contributed by atoms with Gasteiger partial charge in [-0.15, -0.1) is 0 Å². The second-order valence-electron chi connectivity index (χ2n) is 3.51. The Balaban J connectivity index is 2.50. The molecule has 5 nitrogen and oxygen atoms in total. The first-order valence-electron chi connectivity index (χ1n) is 5.10. The van der Waals surface area contributed by atoms with Gasteiger partial charge in [0, 0.05) is 11.6 Å². The van der Waals surface area contributed by atoms with Crippen LogP contribution in [0.3, 0.4) is 0 Å². The van der Waals surface area contributed by atoms with E-state index in [1.54, 1.807) is 6.07 Å². The standard InChI is InChI=1S/C12H10BrNO4/c1-17-6-9-10(12(15)16)18-11(14-9)7-4-2-3-5-8(7)13/h2-5H,6H2,1H3,(H,15,16). The van der Waals surface area contributed by atoms with E-state index in [-0.39, 0.29) is 24.0 Å². The van der Waals surface area contributed by atoms with E-state index >= 15 is 0 Å². The molecule has 1 N–H and O–H groups in total. The highest BCUT2D eigenvalue weighted by molar-refractivity contribution is 9.10. The molecular formula is C12H10BrNO4. The van der Waals surface area contributed by atoms with Gasteiger partial charge < -0.3 is 14.3 Å². The molecule has 0 aliphatic carbocycles. The van der Waals surface area contributed by atoms with Crippen molar-refractivity contribution in [3.63, 3.8) is 0 Å². The summed E-state index contributed by atoms with van der Waals surface area (Å²) >= 11 is 3.36. The summed E-state index contributed by atoms with van der Waals surface area (Å²) in [6.45, 7) is 0.0928. The largest absolute Gasteiger partial charge is 0.475 e. The Hall–Kier alpha value is -1.66. The molecule has 0 amide bonds. The lowest BCUT2D eigenvalue weighted by atomic mass is 10.2. The van der Waals surface area contributed by atoms with Crippen LogP contribution in [-0.4, -0.2) is 23.2 Å². The fourth-order valence-electron chi connectivity index (χ4n) is 1.50. The number of aromatic nitrogens is 1. The molecule has 0 spiro atoms. The van der Waals surface area contributed by atoms with E-state index in [9.17, 15) is 4.79 Å². The number of methoxy groups -OCH3 is 1. The molecule has 0 fully saturated rings. The summed E-state index contributed by atoms with van der Waals surface area (Å²) in [5.74, 6) is -1.10. The van der Waals surface area contributed by atoms with Crippen molar-refractivity contribution in [2.24, 2.45) is 0 Å². The lowest BCUT2D eigenvalue weighted by Crippen LogP contribution is -2.00. The van der Waals surface area contributed by atoms with Crippen LogP contribution in [0.5, 0.6) is 0 Å². The van der Waals surface area contributed by atoms with Crippen LogP contribution in [0.25, 0.3) is 11.5 Å². The number of ether oxygens (including phenoxy) is 1. The SMILES string of the molecule is COCc1nc(-c2ccccc2Br)oc1C(=O)O. The molecule has 18 heavy (non-hydrogen) atoms. The topological polar surface area (TPSA) is 72.6 Å². The first-order valence-corrected chi connectivity index (χ1v) is 5.89. The zero-order valence-corrected chi connectivity index (χ0v) is 11.1. The Bertz CT molecular complexity index is 579. The number of hydrogen-bond acceptors (Lipinski definition) is 4. The lowest BCUT2D eigenvalue weighted by Gasteiger charge is -1.97. The van der Waals surface area contributed by atoms with Gasteiger partial charge in [-0.25, -0.2) is 9.78 Å². The number of carboxylic acid groups (broad SMARTS) is 1. The molecule has 0 radical (unpaired) electrons. The Kier molecular flexibility index (Phi) is 3.78. The van der Waals surface area contributed by atoms with Gasteiger partial charge in [0.15, 0.2) is 0 Å². The number of oxazole rings is 1. The van der Waals surface area contributed by atoms with Crippen molar-refractivity contribution in [2.45, 2.75) is 6.61 Å². The van der Waals surface area contributed by atoms with Crippen LogP contribution in [0.15, 0.2) is 33.2 Å². The van der Waals surface area contributed by atoms with E-state index in [2.05, 4.69) is 20.9 Å². The third kappa shape index (κ3) is 2.44. The van der Waals surface area contributed by atoms with Gasteiger partial charge in [-0.2, -0.15) is 0 Å². The van der Waals surface area contributed by atoms with Gasteiger partial charge >= 0.3 is 5.97 Å². The van der Waals surface area contributed by atoms with Crippen molar-refractivity contribution >= 4 is 21.9 Å².